The number of rotatable bonds is 7. The number of sulfonamides is 1. The lowest BCUT2D eigenvalue weighted by Gasteiger charge is -2.25. The lowest BCUT2D eigenvalue weighted by atomic mass is 9.81. The highest BCUT2D eigenvalue weighted by Crippen LogP contribution is 2.49. The van der Waals surface area contributed by atoms with Crippen molar-refractivity contribution in [2.75, 3.05) is 0 Å². The van der Waals surface area contributed by atoms with Crippen molar-refractivity contribution in [3.05, 3.63) is 83.7 Å². The number of benzene rings is 2. The third-order valence-electron chi connectivity index (χ3n) is 7.02. The van der Waals surface area contributed by atoms with Crippen molar-refractivity contribution in [3.63, 3.8) is 0 Å². The number of pyridine rings is 1. The molecule has 1 aromatic heterocycles. The van der Waals surface area contributed by atoms with E-state index in [1.807, 2.05) is 0 Å². The van der Waals surface area contributed by atoms with E-state index in [4.69, 9.17) is 0 Å². The highest BCUT2D eigenvalue weighted by molar-refractivity contribution is 7.89. The van der Waals surface area contributed by atoms with Gasteiger partial charge < -0.3 is 0 Å². The molecular weight excluding hydrogens is 515 g/mol. The van der Waals surface area contributed by atoms with Crippen molar-refractivity contribution in [1.29, 1.82) is 0 Å². The minimum Gasteiger partial charge on any atom is -0.298 e. The highest BCUT2D eigenvalue weighted by Gasteiger charge is 2.58. The first-order valence-corrected chi connectivity index (χ1v) is 13.0. The molecule has 2 aliphatic heterocycles. The van der Waals surface area contributed by atoms with E-state index >= 15 is 0 Å². The standard InChI is InChI=1S/C26H21F5N2O3S/c27-19-4-6-21(7-5-19)37(35,36)33-20-12-18(13-20)25(33)23(34)9-2-16-11-15(1-8-22(16)28)17-3-10-24(32-14-17)26(29,30)31/h1,3-8,10-11,14,18,20,25H,2,9,12-13H2/t18?,20?,25-/m0/s1. The molecule has 3 fully saturated rings. The molecule has 11 heteroatoms. The van der Waals surface area contributed by atoms with Gasteiger partial charge in [0.25, 0.3) is 0 Å². The van der Waals surface area contributed by atoms with Crippen molar-refractivity contribution in [1.82, 2.24) is 9.29 Å². The maximum atomic E-state index is 14.5. The first-order valence-electron chi connectivity index (χ1n) is 11.6. The molecule has 1 saturated carbocycles. The van der Waals surface area contributed by atoms with Crippen LogP contribution in [0.25, 0.3) is 11.1 Å². The molecule has 5 nitrogen and oxygen atoms in total. The normalized spacial score (nSPS) is 21.6. The Kier molecular flexibility index (Phi) is 6.39. The van der Waals surface area contributed by atoms with Crippen molar-refractivity contribution in [2.45, 2.75) is 48.8 Å². The average molecular weight is 537 g/mol. The van der Waals surface area contributed by atoms with Gasteiger partial charge in [-0.2, -0.15) is 17.5 Å². The zero-order valence-electron chi connectivity index (χ0n) is 19.3. The molecule has 37 heavy (non-hydrogen) atoms. The Morgan fingerprint density at radius 3 is 2.27 bits per heavy atom. The molecule has 0 N–H and O–H groups in total. The summed E-state index contributed by atoms with van der Waals surface area (Å²) in [5.41, 5.74) is -0.0641. The number of aryl methyl sites for hydroxylation is 1. The van der Waals surface area contributed by atoms with E-state index in [1.165, 1.54) is 40.7 Å². The largest absolute Gasteiger partial charge is 0.433 e. The second-order valence-corrected chi connectivity index (χ2v) is 11.2. The van der Waals surface area contributed by atoms with E-state index in [0.717, 1.165) is 24.4 Å². The van der Waals surface area contributed by atoms with Crippen LogP contribution in [-0.4, -0.2) is 35.6 Å². The maximum Gasteiger partial charge on any atom is 0.433 e. The SMILES string of the molecule is O=C(CCc1cc(-c2ccc(C(F)(F)F)nc2)ccc1F)[C@@H]1C2CC(C2)N1S(=O)(=O)c1ccc(F)cc1. The number of carbonyl (C=O) groups excluding carboxylic acids is 1. The lowest BCUT2D eigenvalue weighted by molar-refractivity contribution is -0.141. The molecule has 2 saturated heterocycles. The van der Waals surface area contributed by atoms with Crippen molar-refractivity contribution in [3.8, 4) is 11.1 Å². The van der Waals surface area contributed by atoms with Crippen LogP contribution in [0.4, 0.5) is 22.0 Å². The summed E-state index contributed by atoms with van der Waals surface area (Å²) in [5, 5.41) is 0. The summed E-state index contributed by atoms with van der Waals surface area (Å²) in [5.74, 6) is -1.62. The third-order valence-corrected chi connectivity index (χ3v) is 8.97. The topological polar surface area (TPSA) is 67.3 Å². The molecule has 0 unspecified atom stereocenters. The molecule has 6 rings (SSSR count). The minimum atomic E-state index is -4.58. The van der Waals surface area contributed by atoms with Gasteiger partial charge in [0.05, 0.1) is 10.9 Å². The molecule has 0 radical (unpaired) electrons. The Morgan fingerprint density at radius 1 is 0.973 bits per heavy atom. The smallest absolute Gasteiger partial charge is 0.298 e. The molecule has 3 heterocycles. The van der Waals surface area contributed by atoms with Crippen LogP contribution in [0.5, 0.6) is 0 Å². The maximum absolute atomic E-state index is 14.5. The van der Waals surface area contributed by atoms with Crippen molar-refractivity contribution in [2.24, 2.45) is 5.92 Å². The predicted octanol–water partition coefficient (Wildman–Crippen LogP) is 5.40. The Morgan fingerprint density at radius 2 is 1.65 bits per heavy atom. The molecular formula is C26H21F5N2O3S. The number of nitrogens with zero attached hydrogens (tertiary/aromatic N) is 2. The summed E-state index contributed by atoms with van der Waals surface area (Å²) >= 11 is 0. The summed E-state index contributed by atoms with van der Waals surface area (Å²) in [6.07, 6.45) is -2.54. The van der Waals surface area contributed by atoms with Gasteiger partial charge in [0.2, 0.25) is 10.0 Å². The first kappa shape index (κ1) is 25.5. The minimum absolute atomic E-state index is 0.00904. The van der Waals surface area contributed by atoms with Gasteiger partial charge in [-0.3, -0.25) is 9.78 Å². The molecule has 1 atom stereocenters. The fourth-order valence-corrected chi connectivity index (χ4v) is 6.97. The Hall–Kier alpha value is -3.18. The van der Waals surface area contributed by atoms with E-state index in [9.17, 15) is 35.2 Å². The van der Waals surface area contributed by atoms with E-state index in [-0.39, 0.29) is 41.0 Å². The van der Waals surface area contributed by atoms with Gasteiger partial charge in [-0.1, -0.05) is 12.1 Å². The summed E-state index contributed by atoms with van der Waals surface area (Å²) < 4.78 is 93.9. The summed E-state index contributed by atoms with van der Waals surface area (Å²) in [6.45, 7) is 0. The molecule has 3 aliphatic rings. The van der Waals surface area contributed by atoms with Crippen molar-refractivity contribution < 1.29 is 35.2 Å². The van der Waals surface area contributed by atoms with Gasteiger partial charge in [-0.05, 0) is 78.8 Å². The van der Waals surface area contributed by atoms with Crippen LogP contribution >= 0.6 is 0 Å². The fourth-order valence-electron chi connectivity index (χ4n) is 5.09. The first-order chi connectivity index (χ1) is 17.4. The number of ketones is 1. The Balaban J connectivity index is 1.32. The second kappa shape index (κ2) is 9.29. The van der Waals surface area contributed by atoms with E-state index < -0.39 is 39.6 Å². The van der Waals surface area contributed by atoms with E-state index in [2.05, 4.69) is 4.98 Å². The molecule has 194 valence electrons. The zero-order chi connectivity index (χ0) is 26.5. The van der Waals surface area contributed by atoms with Gasteiger partial charge in [0, 0.05) is 24.2 Å². The number of hydrogen-bond acceptors (Lipinski definition) is 4. The molecule has 2 aromatic carbocycles. The number of halogens is 5. The van der Waals surface area contributed by atoms with Crippen LogP contribution in [0.3, 0.4) is 0 Å². The molecule has 3 aromatic rings. The Labute approximate surface area is 210 Å². The van der Waals surface area contributed by atoms with Crippen LogP contribution in [0.1, 0.15) is 30.5 Å². The van der Waals surface area contributed by atoms with Gasteiger partial charge >= 0.3 is 6.18 Å². The number of Topliss-reactive ketones (excluding diaryl/α,β-unsaturated/α-hetero) is 1. The third kappa shape index (κ3) is 4.77. The number of fused-ring (bicyclic) bond motifs is 1. The summed E-state index contributed by atoms with van der Waals surface area (Å²) in [7, 11) is -4.02. The second-order valence-electron chi connectivity index (χ2n) is 9.32. The summed E-state index contributed by atoms with van der Waals surface area (Å²) in [6, 6.07) is 9.36. The van der Waals surface area contributed by atoms with Crippen LogP contribution in [0, 0.1) is 17.6 Å². The molecule has 1 aliphatic carbocycles. The quantitative estimate of drug-likeness (QED) is 0.380. The fraction of sp³-hybridized carbons (Fsp3) is 0.308. The van der Waals surface area contributed by atoms with Crippen LogP contribution in [-0.2, 0) is 27.4 Å². The number of hydrogen-bond donors (Lipinski definition) is 0. The zero-order valence-corrected chi connectivity index (χ0v) is 20.1. The predicted molar refractivity (Wildman–Crippen MR) is 124 cm³/mol. The molecule has 2 bridgehead atoms. The number of alkyl halides is 3. The van der Waals surface area contributed by atoms with Gasteiger partial charge in [-0.15, -0.1) is 0 Å². The molecule has 0 spiro atoms. The monoisotopic (exact) mass is 536 g/mol. The summed E-state index contributed by atoms with van der Waals surface area (Å²) in [4.78, 5) is 16.5. The van der Waals surface area contributed by atoms with Gasteiger partial charge in [-0.25, -0.2) is 17.2 Å². The average Bonchev–Trinajstić information content (AvgIpc) is 3.41. The van der Waals surface area contributed by atoms with E-state index in [0.29, 0.717) is 24.0 Å². The van der Waals surface area contributed by atoms with Crippen LogP contribution < -0.4 is 0 Å². The highest BCUT2D eigenvalue weighted by atomic mass is 32.2. The van der Waals surface area contributed by atoms with Crippen molar-refractivity contribution >= 4 is 15.8 Å². The number of carbonyl (C=O) groups is 1. The van der Waals surface area contributed by atoms with Crippen LogP contribution in [0.15, 0.2) is 65.7 Å². The van der Waals surface area contributed by atoms with Gasteiger partial charge in [0.15, 0.2) is 5.78 Å². The number of aromatic nitrogens is 1. The Bertz CT molecular complexity index is 1430. The lowest BCUT2D eigenvalue weighted by Crippen LogP contribution is -2.41. The van der Waals surface area contributed by atoms with Crippen LogP contribution in [0.2, 0.25) is 0 Å². The van der Waals surface area contributed by atoms with Gasteiger partial charge in [0.1, 0.15) is 17.3 Å². The van der Waals surface area contributed by atoms with E-state index in [1.54, 1.807) is 0 Å². The molecule has 0 amide bonds.